The Morgan fingerprint density at radius 2 is 1.89 bits per heavy atom. The molecule has 0 aliphatic rings. The van der Waals surface area contributed by atoms with Crippen molar-refractivity contribution in [3.05, 3.63) is 35.9 Å². The van der Waals surface area contributed by atoms with Gasteiger partial charge in [-0.25, -0.2) is 0 Å². The van der Waals surface area contributed by atoms with E-state index in [1.807, 2.05) is 36.4 Å². The van der Waals surface area contributed by atoms with E-state index >= 15 is 0 Å². The monoisotopic (exact) mass is 262 g/mol. The lowest BCUT2D eigenvalue weighted by molar-refractivity contribution is -0.145. The van der Waals surface area contributed by atoms with Crippen molar-refractivity contribution >= 4 is 17.8 Å². The number of carbonyl (C=O) groups excluding carboxylic acids is 2. The van der Waals surface area contributed by atoms with E-state index in [1.165, 1.54) is 6.92 Å². The molecule has 0 heterocycles. The second kappa shape index (κ2) is 8.08. The number of benzene rings is 1. The Hall–Kier alpha value is -2.10. The number of rotatable bonds is 7. The zero-order chi connectivity index (χ0) is 14.1. The van der Waals surface area contributed by atoms with Gasteiger partial charge in [-0.1, -0.05) is 24.3 Å². The summed E-state index contributed by atoms with van der Waals surface area (Å²) in [4.78, 5) is 21.7. The second-order valence-corrected chi connectivity index (χ2v) is 4.06. The first kappa shape index (κ1) is 15.0. The molecule has 102 valence electrons. The first-order valence-electron chi connectivity index (χ1n) is 6.07. The van der Waals surface area contributed by atoms with Crippen molar-refractivity contribution in [3.63, 3.8) is 0 Å². The lowest BCUT2D eigenvalue weighted by Crippen LogP contribution is -2.09. The number of ketones is 1. The highest BCUT2D eigenvalue weighted by molar-refractivity contribution is 5.94. The number of Topliss-reactive ketones (excluding diaryl/α,β-unsaturated/α-hetero) is 1. The van der Waals surface area contributed by atoms with Gasteiger partial charge in [0, 0.05) is 0 Å². The molecule has 1 aromatic carbocycles. The summed E-state index contributed by atoms with van der Waals surface area (Å²) >= 11 is 0. The summed E-state index contributed by atoms with van der Waals surface area (Å²) in [7, 11) is 1.63. The quantitative estimate of drug-likeness (QED) is 0.430. The average Bonchev–Trinajstić information content (AvgIpc) is 2.38. The predicted octanol–water partition coefficient (Wildman–Crippen LogP) is 2.62. The van der Waals surface area contributed by atoms with E-state index in [9.17, 15) is 9.59 Å². The van der Waals surface area contributed by atoms with E-state index in [4.69, 9.17) is 9.47 Å². The summed E-state index contributed by atoms with van der Waals surface area (Å²) in [6.07, 6.45) is 4.33. The Morgan fingerprint density at radius 1 is 1.21 bits per heavy atom. The lowest BCUT2D eigenvalue weighted by atomic mass is 10.2. The minimum atomic E-state index is -0.467. The molecule has 1 rings (SSSR count). The van der Waals surface area contributed by atoms with Crippen LogP contribution in [0, 0.1) is 0 Å². The molecule has 0 aliphatic heterocycles. The Bertz CT molecular complexity index is 446. The zero-order valence-electron chi connectivity index (χ0n) is 11.2. The van der Waals surface area contributed by atoms with Crippen LogP contribution in [0.3, 0.4) is 0 Å². The van der Waals surface area contributed by atoms with E-state index < -0.39 is 5.97 Å². The molecular weight excluding hydrogens is 244 g/mol. The molecular formula is C15H18O4. The first-order valence-corrected chi connectivity index (χ1v) is 6.07. The number of methoxy groups -OCH3 is 1. The highest BCUT2D eigenvalue weighted by atomic mass is 16.5. The summed E-state index contributed by atoms with van der Waals surface area (Å²) < 4.78 is 9.96. The predicted molar refractivity (Wildman–Crippen MR) is 72.9 cm³/mol. The van der Waals surface area contributed by atoms with Crippen molar-refractivity contribution in [2.45, 2.75) is 19.8 Å². The molecule has 0 fully saturated rings. The molecule has 0 spiro atoms. The van der Waals surface area contributed by atoms with Crippen LogP contribution >= 0.6 is 0 Å². The summed E-state index contributed by atoms with van der Waals surface area (Å²) in [6, 6.07) is 7.65. The van der Waals surface area contributed by atoms with Gasteiger partial charge in [-0.3, -0.25) is 9.59 Å². The Labute approximate surface area is 113 Å². The topological polar surface area (TPSA) is 52.6 Å². The molecule has 0 saturated carbocycles. The van der Waals surface area contributed by atoms with Gasteiger partial charge in [-0.15, -0.1) is 0 Å². The highest BCUT2D eigenvalue weighted by Crippen LogP contribution is 2.12. The molecule has 1 aromatic rings. The Kier molecular flexibility index (Phi) is 6.36. The minimum absolute atomic E-state index is 0.151. The molecule has 0 unspecified atom stereocenters. The molecule has 0 aromatic heterocycles. The van der Waals surface area contributed by atoms with Crippen LogP contribution in [-0.4, -0.2) is 25.5 Å². The van der Waals surface area contributed by atoms with Gasteiger partial charge in [0.2, 0.25) is 0 Å². The van der Waals surface area contributed by atoms with Gasteiger partial charge in [0.05, 0.1) is 13.7 Å². The van der Waals surface area contributed by atoms with Crippen LogP contribution in [-0.2, 0) is 14.3 Å². The maximum Gasteiger partial charge on any atom is 0.313 e. The number of ether oxygens (including phenoxy) is 2. The number of carbonyl (C=O) groups is 2. The fourth-order valence-electron chi connectivity index (χ4n) is 1.43. The molecule has 4 heteroatoms. The van der Waals surface area contributed by atoms with Gasteiger partial charge in [-0.2, -0.15) is 0 Å². The van der Waals surface area contributed by atoms with Gasteiger partial charge < -0.3 is 9.47 Å². The number of hydrogen-bond donors (Lipinski definition) is 0. The van der Waals surface area contributed by atoms with Crippen LogP contribution in [0.1, 0.15) is 25.3 Å². The molecule has 0 aliphatic carbocycles. The third-order valence-corrected chi connectivity index (χ3v) is 2.37. The summed E-state index contributed by atoms with van der Waals surface area (Å²) in [5.41, 5.74) is 1.05. The van der Waals surface area contributed by atoms with E-state index in [2.05, 4.69) is 0 Å². The van der Waals surface area contributed by atoms with Crippen LogP contribution in [0.5, 0.6) is 5.75 Å². The van der Waals surface area contributed by atoms with Crippen LogP contribution in [0.2, 0.25) is 0 Å². The van der Waals surface area contributed by atoms with Gasteiger partial charge in [0.1, 0.15) is 18.0 Å². The molecule has 0 atom stereocenters. The molecule has 0 bridgehead atoms. The largest absolute Gasteiger partial charge is 0.497 e. The first-order chi connectivity index (χ1) is 9.11. The van der Waals surface area contributed by atoms with E-state index in [1.54, 1.807) is 7.11 Å². The smallest absolute Gasteiger partial charge is 0.313 e. The molecule has 0 radical (unpaired) electrons. The lowest BCUT2D eigenvalue weighted by Gasteiger charge is -2.01. The third-order valence-electron chi connectivity index (χ3n) is 2.37. The van der Waals surface area contributed by atoms with Crippen LogP contribution in [0.4, 0.5) is 0 Å². The molecule has 0 N–H and O–H groups in total. The summed E-state index contributed by atoms with van der Waals surface area (Å²) in [5, 5.41) is 0. The SMILES string of the molecule is COc1ccc(/C=C/CCOC(=O)CC(C)=O)cc1. The third kappa shape index (κ3) is 6.41. The van der Waals surface area contributed by atoms with Crippen molar-refractivity contribution in [2.24, 2.45) is 0 Å². The van der Waals surface area contributed by atoms with Gasteiger partial charge in [0.25, 0.3) is 0 Å². The van der Waals surface area contributed by atoms with Crippen molar-refractivity contribution < 1.29 is 19.1 Å². The fourth-order valence-corrected chi connectivity index (χ4v) is 1.43. The van der Waals surface area contributed by atoms with Crippen molar-refractivity contribution in [1.82, 2.24) is 0 Å². The second-order valence-electron chi connectivity index (χ2n) is 4.06. The van der Waals surface area contributed by atoms with Crippen molar-refractivity contribution in [2.75, 3.05) is 13.7 Å². The molecule has 4 nitrogen and oxygen atoms in total. The number of esters is 1. The normalized spacial score (nSPS) is 10.4. The highest BCUT2D eigenvalue weighted by Gasteiger charge is 2.04. The average molecular weight is 262 g/mol. The van der Waals surface area contributed by atoms with Gasteiger partial charge in [0.15, 0.2) is 0 Å². The Morgan fingerprint density at radius 3 is 2.47 bits per heavy atom. The van der Waals surface area contributed by atoms with Gasteiger partial charge >= 0.3 is 5.97 Å². The molecule has 0 saturated heterocycles. The molecule has 0 amide bonds. The van der Waals surface area contributed by atoms with Crippen LogP contribution in [0.15, 0.2) is 30.3 Å². The van der Waals surface area contributed by atoms with E-state index in [-0.39, 0.29) is 12.2 Å². The standard InChI is InChI=1S/C15H18O4/c1-12(16)11-15(17)19-10-4-3-5-13-6-8-14(18-2)9-7-13/h3,5-9H,4,10-11H2,1-2H3/b5-3+. The van der Waals surface area contributed by atoms with Crippen molar-refractivity contribution in [3.8, 4) is 5.75 Å². The van der Waals surface area contributed by atoms with Crippen LogP contribution < -0.4 is 4.74 Å². The summed E-state index contributed by atoms with van der Waals surface area (Å²) in [6.45, 7) is 1.66. The van der Waals surface area contributed by atoms with E-state index in [0.29, 0.717) is 13.0 Å². The zero-order valence-corrected chi connectivity index (χ0v) is 11.2. The van der Waals surface area contributed by atoms with Crippen molar-refractivity contribution in [1.29, 1.82) is 0 Å². The maximum atomic E-state index is 11.1. The van der Waals surface area contributed by atoms with Gasteiger partial charge in [-0.05, 0) is 31.0 Å². The Balaban J connectivity index is 2.26. The summed E-state index contributed by atoms with van der Waals surface area (Å²) in [5.74, 6) is 0.166. The maximum absolute atomic E-state index is 11.1. The van der Waals surface area contributed by atoms with Crippen LogP contribution in [0.25, 0.3) is 6.08 Å². The number of hydrogen-bond acceptors (Lipinski definition) is 4. The van der Waals surface area contributed by atoms with E-state index in [0.717, 1.165) is 11.3 Å². The minimum Gasteiger partial charge on any atom is -0.497 e. The fraction of sp³-hybridized carbons (Fsp3) is 0.333. The molecule has 19 heavy (non-hydrogen) atoms.